The van der Waals surface area contributed by atoms with Crippen LogP contribution in [-0.4, -0.2) is 49.0 Å². The molecule has 1 amide bonds. The molecule has 0 saturated heterocycles. The van der Waals surface area contributed by atoms with Crippen molar-refractivity contribution in [3.05, 3.63) is 32.8 Å². The molecule has 0 spiro atoms. The fourth-order valence-corrected chi connectivity index (χ4v) is 2.22. The smallest absolute Gasteiger partial charge is 0.291 e. The lowest BCUT2D eigenvalue weighted by Crippen LogP contribution is -2.34. The highest BCUT2D eigenvalue weighted by Gasteiger charge is 2.21. The van der Waals surface area contributed by atoms with Crippen molar-refractivity contribution in [1.29, 1.82) is 0 Å². The number of carbonyl (C=O) groups excluding carboxylic acids is 1. The first-order chi connectivity index (χ1) is 10.4. The van der Waals surface area contributed by atoms with Crippen LogP contribution in [0, 0.1) is 10.1 Å². The van der Waals surface area contributed by atoms with E-state index >= 15 is 0 Å². The predicted molar refractivity (Wildman–Crippen MR) is 92.0 cm³/mol. The van der Waals surface area contributed by atoms with Gasteiger partial charge in [0.05, 0.1) is 23.7 Å². The minimum atomic E-state index is -0.618. The van der Waals surface area contributed by atoms with Crippen LogP contribution < -0.4 is 10.1 Å². The van der Waals surface area contributed by atoms with Gasteiger partial charge < -0.3 is 15.0 Å². The monoisotopic (exact) mass is 365 g/mol. The van der Waals surface area contributed by atoms with E-state index in [-0.39, 0.29) is 40.3 Å². The molecule has 0 aliphatic rings. The Morgan fingerprint density at radius 1 is 1.39 bits per heavy atom. The van der Waals surface area contributed by atoms with E-state index in [2.05, 4.69) is 10.2 Å². The normalized spacial score (nSPS) is 10.1. The van der Waals surface area contributed by atoms with Crippen LogP contribution in [0.15, 0.2) is 12.1 Å². The molecular formula is C14H21Cl2N3O4. The Morgan fingerprint density at radius 2 is 2.00 bits per heavy atom. The number of amides is 1. The lowest BCUT2D eigenvalue weighted by atomic mass is 10.1. The number of benzene rings is 1. The summed E-state index contributed by atoms with van der Waals surface area (Å²) in [7, 11) is 1.35. The third-order valence-electron chi connectivity index (χ3n) is 3.32. The lowest BCUT2D eigenvalue weighted by molar-refractivity contribution is -0.384. The molecule has 9 heteroatoms. The zero-order chi connectivity index (χ0) is 16.7. The highest BCUT2D eigenvalue weighted by molar-refractivity contribution is 6.33. The molecule has 0 fully saturated rings. The Labute approximate surface area is 146 Å². The number of nitro benzene ring substituents is 1. The summed E-state index contributed by atoms with van der Waals surface area (Å²) >= 11 is 5.84. The maximum Gasteiger partial charge on any atom is 0.291 e. The molecule has 0 aliphatic carbocycles. The number of nitrogens with zero attached hydrogens (tertiary/aromatic N) is 2. The van der Waals surface area contributed by atoms with Gasteiger partial charge in [0.15, 0.2) is 0 Å². The standard InChI is InChI=1S/C14H20ClN3O4.ClH/c1-4-17(5-2)7-6-16-14(19)10-8-11(15)12(18(20)21)9-13(10)22-3;/h8-9H,4-7H2,1-3H3,(H,16,19);1H. The Hall–Kier alpha value is -1.57. The van der Waals surface area contributed by atoms with Gasteiger partial charge in [-0.15, -0.1) is 12.4 Å². The summed E-state index contributed by atoms with van der Waals surface area (Å²) in [6.07, 6.45) is 0. The molecule has 0 aromatic heterocycles. The van der Waals surface area contributed by atoms with E-state index in [1.807, 2.05) is 13.8 Å². The van der Waals surface area contributed by atoms with E-state index in [4.69, 9.17) is 16.3 Å². The highest BCUT2D eigenvalue weighted by Crippen LogP contribution is 2.32. The second kappa shape index (κ2) is 10.3. The zero-order valence-corrected chi connectivity index (χ0v) is 14.9. The van der Waals surface area contributed by atoms with Gasteiger partial charge in [0.1, 0.15) is 10.8 Å². The van der Waals surface area contributed by atoms with Crippen molar-refractivity contribution in [2.24, 2.45) is 0 Å². The number of rotatable bonds is 8. The first kappa shape index (κ1) is 21.4. The number of carbonyl (C=O) groups is 1. The van der Waals surface area contributed by atoms with E-state index in [0.29, 0.717) is 6.54 Å². The number of ether oxygens (including phenoxy) is 1. The molecule has 23 heavy (non-hydrogen) atoms. The topological polar surface area (TPSA) is 84.7 Å². The van der Waals surface area contributed by atoms with Gasteiger partial charge in [-0.1, -0.05) is 25.4 Å². The van der Waals surface area contributed by atoms with Crippen molar-refractivity contribution in [2.75, 3.05) is 33.3 Å². The summed E-state index contributed by atoms with van der Waals surface area (Å²) in [4.78, 5) is 24.6. The summed E-state index contributed by atoms with van der Waals surface area (Å²) in [5.74, 6) is -0.253. The van der Waals surface area contributed by atoms with Crippen molar-refractivity contribution in [3.8, 4) is 5.75 Å². The molecule has 0 saturated carbocycles. The van der Waals surface area contributed by atoms with Crippen LogP contribution in [-0.2, 0) is 0 Å². The zero-order valence-electron chi connectivity index (χ0n) is 13.3. The van der Waals surface area contributed by atoms with E-state index in [1.165, 1.54) is 13.2 Å². The van der Waals surface area contributed by atoms with Crippen molar-refractivity contribution in [2.45, 2.75) is 13.8 Å². The lowest BCUT2D eigenvalue weighted by Gasteiger charge is -2.18. The molecule has 1 aromatic rings. The molecule has 0 atom stereocenters. The Morgan fingerprint density at radius 3 is 2.48 bits per heavy atom. The van der Waals surface area contributed by atoms with Gasteiger partial charge >= 0.3 is 0 Å². The van der Waals surface area contributed by atoms with Gasteiger partial charge in [0, 0.05) is 13.1 Å². The number of methoxy groups -OCH3 is 1. The summed E-state index contributed by atoms with van der Waals surface area (Å²) < 4.78 is 5.05. The van der Waals surface area contributed by atoms with Gasteiger partial charge in [-0.05, 0) is 19.2 Å². The van der Waals surface area contributed by atoms with Crippen LogP contribution in [0.1, 0.15) is 24.2 Å². The fourth-order valence-electron chi connectivity index (χ4n) is 1.99. The third-order valence-corrected chi connectivity index (χ3v) is 3.62. The van der Waals surface area contributed by atoms with Crippen molar-refractivity contribution in [1.82, 2.24) is 10.2 Å². The van der Waals surface area contributed by atoms with Gasteiger partial charge in [0.2, 0.25) is 0 Å². The van der Waals surface area contributed by atoms with Gasteiger partial charge in [0.25, 0.3) is 11.6 Å². The molecule has 130 valence electrons. The minimum Gasteiger partial charge on any atom is -0.496 e. The van der Waals surface area contributed by atoms with Crippen LogP contribution >= 0.6 is 24.0 Å². The number of nitro groups is 1. The van der Waals surface area contributed by atoms with Crippen LogP contribution in [0.2, 0.25) is 5.02 Å². The van der Waals surface area contributed by atoms with E-state index < -0.39 is 4.92 Å². The third kappa shape index (κ3) is 5.85. The van der Waals surface area contributed by atoms with Gasteiger partial charge in [-0.3, -0.25) is 14.9 Å². The number of hydrogen-bond acceptors (Lipinski definition) is 5. The average Bonchev–Trinajstić information content (AvgIpc) is 2.50. The Kier molecular flexibility index (Phi) is 9.55. The summed E-state index contributed by atoms with van der Waals surface area (Å²) in [5.41, 5.74) is -0.115. The molecule has 0 radical (unpaired) electrons. The van der Waals surface area contributed by atoms with Gasteiger partial charge in [-0.25, -0.2) is 0 Å². The van der Waals surface area contributed by atoms with Gasteiger partial charge in [-0.2, -0.15) is 0 Å². The van der Waals surface area contributed by atoms with E-state index in [1.54, 1.807) is 0 Å². The molecule has 1 rings (SSSR count). The maximum absolute atomic E-state index is 12.2. The van der Waals surface area contributed by atoms with Crippen LogP contribution in [0.25, 0.3) is 0 Å². The quantitative estimate of drug-likeness (QED) is 0.565. The first-order valence-corrected chi connectivity index (χ1v) is 7.34. The number of halogens is 2. The summed E-state index contributed by atoms with van der Waals surface area (Å²) in [6.45, 7) is 7.09. The second-order valence-corrected chi connectivity index (χ2v) is 4.95. The molecule has 7 nitrogen and oxygen atoms in total. The van der Waals surface area contributed by atoms with Crippen LogP contribution in [0.5, 0.6) is 5.75 Å². The van der Waals surface area contributed by atoms with Crippen molar-refractivity contribution < 1.29 is 14.5 Å². The number of likely N-dealkylation sites (N-methyl/N-ethyl adjacent to an activating group) is 1. The average molecular weight is 366 g/mol. The SMILES string of the molecule is CCN(CC)CCNC(=O)c1cc(Cl)c([N+](=O)[O-])cc1OC.Cl. The van der Waals surface area contributed by atoms with Crippen LogP contribution in [0.4, 0.5) is 5.69 Å². The number of nitrogens with one attached hydrogen (secondary N) is 1. The molecule has 0 unspecified atom stereocenters. The molecule has 1 aromatic carbocycles. The Bertz CT molecular complexity index is 551. The minimum absolute atomic E-state index is 0. The molecule has 1 N–H and O–H groups in total. The molecule has 0 aliphatic heterocycles. The molecule has 0 bridgehead atoms. The Balaban J connectivity index is 0.00000484. The van der Waals surface area contributed by atoms with Crippen molar-refractivity contribution >= 4 is 35.6 Å². The fraction of sp³-hybridized carbons (Fsp3) is 0.500. The predicted octanol–water partition coefficient (Wildman–Crippen LogP) is 2.75. The van der Waals surface area contributed by atoms with Crippen molar-refractivity contribution in [3.63, 3.8) is 0 Å². The van der Waals surface area contributed by atoms with Crippen LogP contribution in [0.3, 0.4) is 0 Å². The van der Waals surface area contributed by atoms with E-state index in [9.17, 15) is 14.9 Å². The second-order valence-electron chi connectivity index (χ2n) is 4.54. The summed E-state index contributed by atoms with van der Waals surface area (Å²) in [5, 5.41) is 13.5. The molecule has 0 heterocycles. The first-order valence-electron chi connectivity index (χ1n) is 6.97. The van der Waals surface area contributed by atoms with E-state index in [0.717, 1.165) is 25.7 Å². The maximum atomic E-state index is 12.2. The number of hydrogen-bond donors (Lipinski definition) is 1. The summed E-state index contributed by atoms with van der Waals surface area (Å²) in [6, 6.07) is 2.41. The largest absolute Gasteiger partial charge is 0.496 e. The molecular weight excluding hydrogens is 345 g/mol. The highest BCUT2D eigenvalue weighted by atomic mass is 35.5.